The fourth-order valence-corrected chi connectivity index (χ4v) is 3.32. The van der Waals surface area contributed by atoms with E-state index >= 15 is 0 Å². The number of nitrogens with zero attached hydrogens (tertiary/aromatic N) is 1. The molecule has 5 nitrogen and oxygen atoms in total. The smallest absolute Gasteiger partial charge is 0.272 e. The van der Waals surface area contributed by atoms with Gasteiger partial charge in [0.15, 0.2) is 5.69 Å². The lowest BCUT2D eigenvalue weighted by Crippen LogP contribution is -2.32. The number of rotatable bonds is 4. The van der Waals surface area contributed by atoms with E-state index in [9.17, 15) is 4.79 Å². The Labute approximate surface area is 139 Å². The average Bonchev–Trinajstić information content (AvgIpc) is 3.32. The van der Waals surface area contributed by atoms with E-state index in [-0.39, 0.29) is 11.9 Å². The summed E-state index contributed by atoms with van der Waals surface area (Å²) in [6.45, 7) is 1.62. The highest BCUT2D eigenvalue weighted by Gasteiger charge is 2.34. The lowest BCUT2D eigenvalue weighted by molar-refractivity contribution is 0.0925. The molecule has 1 aromatic heterocycles. The van der Waals surface area contributed by atoms with Gasteiger partial charge in [-0.05, 0) is 36.5 Å². The number of halogens is 1. The number of fused-ring (bicyclic) bond motifs is 1. The van der Waals surface area contributed by atoms with Crippen LogP contribution in [0.4, 0.5) is 0 Å². The van der Waals surface area contributed by atoms with Crippen LogP contribution in [-0.2, 0) is 13.0 Å². The molecule has 0 spiro atoms. The number of aromatic amines is 1. The number of amides is 1. The van der Waals surface area contributed by atoms with E-state index in [2.05, 4.69) is 20.8 Å². The highest BCUT2D eigenvalue weighted by Crippen LogP contribution is 2.41. The average molecular weight is 331 g/mol. The molecule has 1 fully saturated rings. The van der Waals surface area contributed by atoms with E-state index in [4.69, 9.17) is 11.6 Å². The minimum atomic E-state index is -0.0990. The van der Waals surface area contributed by atoms with Gasteiger partial charge in [0.25, 0.3) is 5.91 Å². The van der Waals surface area contributed by atoms with Gasteiger partial charge in [0.05, 0.1) is 6.04 Å². The second kappa shape index (κ2) is 5.98. The maximum absolute atomic E-state index is 12.7. The van der Waals surface area contributed by atoms with Crippen LogP contribution >= 0.6 is 11.6 Å². The maximum atomic E-state index is 12.7. The van der Waals surface area contributed by atoms with Crippen LogP contribution in [0.15, 0.2) is 24.3 Å². The molecule has 1 amide bonds. The fraction of sp³-hybridized carbons (Fsp3) is 0.412. The first-order valence-corrected chi connectivity index (χ1v) is 8.43. The van der Waals surface area contributed by atoms with Gasteiger partial charge in [-0.25, -0.2) is 0 Å². The molecule has 1 aliphatic carbocycles. The van der Waals surface area contributed by atoms with Crippen LogP contribution in [0.1, 0.15) is 46.2 Å². The standard InChI is InChI=1S/C17H19ClN4O/c18-12-5-3-11(4-6-12)15(10-1-2-10)20-17(23)16-13-9-19-8-7-14(13)21-22-16/h3-6,10,15,19H,1-2,7-9H2,(H,20,23)(H,21,22). The quantitative estimate of drug-likeness (QED) is 0.807. The van der Waals surface area contributed by atoms with Crippen LogP contribution in [-0.4, -0.2) is 22.6 Å². The molecule has 1 aromatic carbocycles. The minimum absolute atomic E-state index is 0.0312. The largest absolute Gasteiger partial charge is 0.344 e. The van der Waals surface area contributed by atoms with Gasteiger partial charge in [-0.2, -0.15) is 5.10 Å². The van der Waals surface area contributed by atoms with Crippen molar-refractivity contribution in [2.45, 2.75) is 31.8 Å². The van der Waals surface area contributed by atoms with Gasteiger partial charge in [0, 0.05) is 35.8 Å². The molecule has 6 heteroatoms. The Bertz CT molecular complexity index is 721. The monoisotopic (exact) mass is 330 g/mol. The van der Waals surface area contributed by atoms with Gasteiger partial charge >= 0.3 is 0 Å². The zero-order valence-electron chi connectivity index (χ0n) is 12.7. The molecule has 0 saturated heterocycles. The first-order chi connectivity index (χ1) is 11.2. The summed E-state index contributed by atoms with van der Waals surface area (Å²) in [4.78, 5) is 12.7. The van der Waals surface area contributed by atoms with E-state index in [0.717, 1.165) is 42.6 Å². The Hall–Kier alpha value is -1.85. The summed E-state index contributed by atoms with van der Waals surface area (Å²) in [6.07, 6.45) is 3.18. The molecule has 1 saturated carbocycles. The molecule has 4 rings (SSSR count). The first-order valence-electron chi connectivity index (χ1n) is 8.05. The molecule has 1 aliphatic heterocycles. The van der Waals surface area contributed by atoms with E-state index in [0.29, 0.717) is 23.2 Å². The zero-order chi connectivity index (χ0) is 15.8. The third-order valence-electron chi connectivity index (χ3n) is 4.63. The molecule has 1 unspecified atom stereocenters. The van der Waals surface area contributed by atoms with Crippen molar-refractivity contribution in [3.05, 3.63) is 51.8 Å². The van der Waals surface area contributed by atoms with Crippen molar-refractivity contribution in [3.8, 4) is 0 Å². The van der Waals surface area contributed by atoms with Gasteiger partial charge in [-0.3, -0.25) is 9.89 Å². The lowest BCUT2D eigenvalue weighted by Gasteiger charge is -2.19. The van der Waals surface area contributed by atoms with Crippen molar-refractivity contribution >= 4 is 17.5 Å². The molecule has 2 aliphatic rings. The predicted octanol–water partition coefficient (Wildman–Crippen LogP) is 2.59. The SMILES string of the molecule is O=C(NC(c1ccc(Cl)cc1)C1CC1)c1n[nH]c2c1CNCC2. The first kappa shape index (κ1) is 14.7. The molecular weight excluding hydrogens is 312 g/mol. The molecule has 0 radical (unpaired) electrons. The van der Waals surface area contributed by atoms with E-state index < -0.39 is 0 Å². The second-order valence-corrected chi connectivity index (χ2v) is 6.73. The number of carbonyl (C=O) groups is 1. The molecular formula is C17H19ClN4O. The molecule has 0 bridgehead atoms. The molecule has 2 heterocycles. The normalized spacial score (nSPS) is 18.3. The lowest BCUT2D eigenvalue weighted by atomic mass is 10.0. The third-order valence-corrected chi connectivity index (χ3v) is 4.88. The molecule has 3 N–H and O–H groups in total. The maximum Gasteiger partial charge on any atom is 0.272 e. The Morgan fingerprint density at radius 1 is 1.30 bits per heavy atom. The number of aromatic nitrogens is 2. The van der Waals surface area contributed by atoms with Crippen molar-refractivity contribution < 1.29 is 4.79 Å². The van der Waals surface area contributed by atoms with Gasteiger partial charge in [-0.1, -0.05) is 23.7 Å². The van der Waals surface area contributed by atoms with Crippen LogP contribution in [0.25, 0.3) is 0 Å². The number of hydrogen-bond acceptors (Lipinski definition) is 3. The number of carbonyl (C=O) groups excluding carboxylic acids is 1. The summed E-state index contributed by atoms with van der Waals surface area (Å²) < 4.78 is 0. The minimum Gasteiger partial charge on any atom is -0.344 e. The highest BCUT2D eigenvalue weighted by atomic mass is 35.5. The Balaban J connectivity index is 1.56. The zero-order valence-corrected chi connectivity index (χ0v) is 13.5. The van der Waals surface area contributed by atoms with Crippen molar-refractivity contribution in [2.24, 2.45) is 5.92 Å². The fourth-order valence-electron chi connectivity index (χ4n) is 3.20. The van der Waals surface area contributed by atoms with E-state index in [1.165, 1.54) is 0 Å². The second-order valence-electron chi connectivity index (χ2n) is 6.30. The van der Waals surface area contributed by atoms with Crippen molar-refractivity contribution in [1.29, 1.82) is 0 Å². The summed E-state index contributed by atoms with van der Waals surface area (Å²) in [6, 6.07) is 7.77. The summed E-state index contributed by atoms with van der Waals surface area (Å²) in [5, 5.41) is 14.4. The van der Waals surface area contributed by atoms with Crippen molar-refractivity contribution in [1.82, 2.24) is 20.8 Å². The van der Waals surface area contributed by atoms with Crippen LogP contribution < -0.4 is 10.6 Å². The van der Waals surface area contributed by atoms with Crippen molar-refractivity contribution in [2.75, 3.05) is 6.54 Å². The molecule has 23 heavy (non-hydrogen) atoms. The van der Waals surface area contributed by atoms with Crippen LogP contribution in [0.2, 0.25) is 5.02 Å². The van der Waals surface area contributed by atoms with Gasteiger partial charge in [0.2, 0.25) is 0 Å². The Kier molecular flexibility index (Phi) is 3.83. The van der Waals surface area contributed by atoms with Crippen LogP contribution in [0.5, 0.6) is 0 Å². The highest BCUT2D eigenvalue weighted by molar-refractivity contribution is 6.30. The molecule has 2 aromatic rings. The third kappa shape index (κ3) is 2.99. The van der Waals surface area contributed by atoms with Gasteiger partial charge < -0.3 is 10.6 Å². The van der Waals surface area contributed by atoms with Gasteiger partial charge in [-0.15, -0.1) is 0 Å². The van der Waals surface area contributed by atoms with Crippen LogP contribution in [0, 0.1) is 5.92 Å². The van der Waals surface area contributed by atoms with E-state index in [1.54, 1.807) is 0 Å². The molecule has 1 atom stereocenters. The van der Waals surface area contributed by atoms with E-state index in [1.807, 2.05) is 24.3 Å². The Morgan fingerprint density at radius 2 is 2.09 bits per heavy atom. The topological polar surface area (TPSA) is 69.8 Å². The van der Waals surface area contributed by atoms with Crippen molar-refractivity contribution in [3.63, 3.8) is 0 Å². The Morgan fingerprint density at radius 3 is 2.83 bits per heavy atom. The number of benzene rings is 1. The summed E-state index contributed by atoms with van der Waals surface area (Å²) >= 11 is 5.97. The summed E-state index contributed by atoms with van der Waals surface area (Å²) in [5.41, 5.74) is 3.70. The van der Waals surface area contributed by atoms with Gasteiger partial charge in [0.1, 0.15) is 0 Å². The summed E-state index contributed by atoms with van der Waals surface area (Å²) in [7, 11) is 0. The number of hydrogen-bond donors (Lipinski definition) is 3. The van der Waals surface area contributed by atoms with Crippen LogP contribution in [0.3, 0.4) is 0 Å². The number of nitrogens with one attached hydrogen (secondary N) is 3. The molecule has 120 valence electrons. The predicted molar refractivity (Wildman–Crippen MR) is 88.4 cm³/mol. The summed E-state index contributed by atoms with van der Waals surface area (Å²) in [5.74, 6) is 0.408. The number of H-pyrrole nitrogens is 1.